The zero-order valence-corrected chi connectivity index (χ0v) is 28.4. The van der Waals surface area contributed by atoms with Gasteiger partial charge in [0.1, 0.15) is 11.2 Å². The number of furan rings is 1. The van der Waals surface area contributed by atoms with Crippen LogP contribution in [-0.4, -0.2) is 0 Å². The van der Waals surface area contributed by atoms with Gasteiger partial charge >= 0.3 is 0 Å². The van der Waals surface area contributed by atoms with E-state index >= 15 is 0 Å². The highest BCUT2D eigenvalue weighted by atomic mass is 16.3. The SMILES string of the molecule is c1ccc(-c2c3ccccc3c(-c3ccc4c(c3)oc3cc5c(cc34)-c3ccccc3C5(c3ccccc3)c3ccccc3)c3ccccc23)cc1. The van der Waals surface area contributed by atoms with Crippen LogP contribution in [-0.2, 0) is 5.41 Å². The lowest BCUT2D eigenvalue weighted by molar-refractivity contribution is 0.666. The van der Waals surface area contributed by atoms with Crippen molar-refractivity contribution < 1.29 is 4.42 Å². The number of rotatable bonds is 4. The van der Waals surface area contributed by atoms with Crippen molar-refractivity contribution in [3.63, 3.8) is 0 Å². The molecule has 0 N–H and O–H groups in total. The Morgan fingerprint density at radius 2 is 0.808 bits per heavy atom. The van der Waals surface area contributed by atoms with Gasteiger partial charge in [-0.1, -0.05) is 170 Å². The van der Waals surface area contributed by atoms with Gasteiger partial charge in [-0.2, -0.15) is 0 Å². The molecule has 0 saturated heterocycles. The lowest BCUT2D eigenvalue weighted by Crippen LogP contribution is -2.28. The highest BCUT2D eigenvalue weighted by Crippen LogP contribution is 2.57. The fraction of sp³-hybridized carbons (Fsp3) is 0.0196. The van der Waals surface area contributed by atoms with Crippen LogP contribution in [0.15, 0.2) is 199 Å². The Balaban J connectivity index is 1.17. The van der Waals surface area contributed by atoms with Gasteiger partial charge in [-0.05, 0) is 101 Å². The van der Waals surface area contributed by atoms with Crippen molar-refractivity contribution in [2.24, 2.45) is 0 Å². The van der Waals surface area contributed by atoms with Gasteiger partial charge in [-0.25, -0.2) is 0 Å². The summed E-state index contributed by atoms with van der Waals surface area (Å²) >= 11 is 0. The molecule has 9 aromatic carbocycles. The summed E-state index contributed by atoms with van der Waals surface area (Å²) < 4.78 is 6.92. The molecule has 0 bridgehead atoms. The van der Waals surface area contributed by atoms with Crippen LogP contribution in [0.2, 0.25) is 0 Å². The van der Waals surface area contributed by atoms with Crippen molar-refractivity contribution >= 4 is 43.5 Å². The van der Waals surface area contributed by atoms with Crippen molar-refractivity contribution in [1.29, 1.82) is 0 Å². The van der Waals surface area contributed by atoms with E-state index in [1.165, 1.54) is 71.6 Å². The standard InChI is InChI=1S/C51H32O/c1-4-16-33(17-5-1)49-39-23-10-12-25-41(39)50(42-26-13-11-24-40(42)49)34-28-29-38-44-31-43-37-22-14-15-27-45(37)51(35-18-6-2-7-19-35,36-20-8-3-9-21-36)46(43)32-48(44)52-47(38)30-34/h1-32H. The quantitative estimate of drug-likeness (QED) is 0.171. The van der Waals surface area contributed by atoms with E-state index in [1.54, 1.807) is 0 Å². The van der Waals surface area contributed by atoms with Crippen LogP contribution in [0.5, 0.6) is 0 Å². The van der Waals surface area contributed by atoms with Crippen LogP contribution in [0.3, 0.4) is 0 Å². The topological polar surface area (TPSA) is 13.1 Å². The van der Waals surface area contributed by atoms with Crippen LogP contribution in [0.1, 0.15) is 22.3 Å². The fourth-order valence-electron chi connectivity index (χ4n) is 9.22. The molecule has 52 heavy (non-hydrogen) atoms. The lowest BCUT2D eigenvalue weighted by Gasteiger charge is -2.33. The van der Waals surface area contributed by atoms with Crippen molar-refractivity contribution in [3.05, 3.63) is 216 Å². The third-order valence-electron chi connectivity index (χ3n) is 11.3. The Kier molecular flexibility index (Phi) is 6.23. The zero-order valence-electron chi connectivity index (χ0n) is 28.4. The predicted molar refractivity (Wildman–Crippen MR) is 217 cm³/mol. The molecule has 0 amide bonds. The summed E-state index contributed by atoms with van der Waals surface area (Å²) in [5.74, 6) is 0. The number of hydrogen-bond acceptors (Lipinski definition) is 1. The maximum Gasteiger partial charge on any atom is 0.136 e. The average Bonchev–Trinajstić information content (AvgIpc) is 3.72. The highest BCUT2D eigenvalue weighted by molar-refractivity contribution is 6.22. The maximum absolute atomic E-state index is 6.92. The smallest absolute Gasteiger partial charge is 0.136 e. The molecule has 0 unspecified atom stereocenters. The van der Waals surface area contributed by atoms with Crippen LogP contribution in [0.4, 0.5) is 0 Å². The summed E-state index contributed by atoms with van der Waals surface area (Å²) in [6, 6.07) is 70.8. The van der Waals surface area contributed by atoms with Gasteiger partial charge in [0.15, 0.2) is 0 Å². The van der Waals surface area contributed by atoms with Crippen molar-refractivity contribution in [2.45, 2.75) is 5.41 Å². The second-order valence-electron chi connectivity index (χ2n) is 13.9. The minimum Gasteiger partial charge on any atom is -0.456 e. The van der Waals surface area contributed by atoms with Crippen LogP contribution in [0.25, 0.3) is 76.9 Å². The Bertz CT molecular complexity index is 2890. The van der Waals surface area contributed by atoms with E-state index in [9.17, 15) is 0 Å². The molecule has 0 radical (unpaired) electrons. The largest absolute Gasteiger partial charge is 0.456 e. The minimum atomic E-state index is -0.467. The van der Waals surface area contributed by atoms with Gasteiger partial charge in [0.2, 0.25) is 0 Å². The summed E-state index contributed by atoms with van der Waals surface area (Å²) in [6.07, 6.45) is 0. The molecule has 1 aliphatic carbocycles. The van der Waals surface area contributed by atoms with E-state index in [2.05, 4.69) is 194 Å². The summed E-state index contributed by atoms with van der Waals surface area (Å²) in [7, 11) is 0. The number of benzene rings is 9. The first kappa shape index (κ1) is 29.1. The Labute approximate surface area is 302 Å². The Morgan fingerprint density at radius 1 is 0.308 bits per heavy atom. The third kappa shape index (κ3) is 3.99. The number of hydrogen-bond donors (Lipinski definition) is 0. The second-order valence-corrected chi connectivity index (χ2v) is 13.9. The molecule has 242 valence electrons. The van der Waals surface area contributed by atoms with Crippen LogP contribution in [0, 0.1) is 0 Å². The van der Waals surface area contributed by atoms with Gasteiger partial charge in [0, 0.05) is 10.8 Å². The van der Waals surface area contributed by atoms with Crippen molar-refractivity contribution in [3.8, 4) is 33.4 Å². The first-order valence-electron chi connectivity index (χ1n) is 18.0. The van der Waals surface area contributed by atoms with Crippen molar-refractivity contribution in [2.75, 3.05) is 0 Å². The molecule has 0 saturated carbocycles. The third-order valence-corrected chi connectivity index (χ3v) is 11.3. The molecule has 0 spiro atoms. The molecule has 0 atom stereocenters. The molecule has 1 nitrogen and oxygen atoms in total. The molecular weight excluding hydrogens is 629 g/mol. The number of fused-ring (bicyclic) bond motifs is 8. The van der Waals surface area contributed by atoms with E-state index < -0.39 is 5.41 Å². The van der Waals surface area contributed by atoms with Crippen molar-refractivity contribution in [1.82, 2.24) is 0 Å². The average molecular weight is 661 g/mol. The maximum atomic E-state index is 6.92. The predicted octanol–water partition coefficient (Wildman–Crippen LogP) is 13.6. The first-order chi connectivity index (χ1) is 25.8. The van der Waals surface area contributed by atoms with Gasteiger partial charge < -0.3 is 4.42 Å². The molecule has 1 heteroatoms. The molecule has 1 heterocycles. The van der Waals surface area contributed by atoms with E-state index in [4.69, 9.17) is 4.42 Å². The van der Waals surface area contributed by atoms with Crippen LogP contribution < -0.4 is 0 Å². The molecule has 10 aromatic rings. The summed E-state index contributed by atoms with van der Waals surface area (Å²) in [5, 5.41) is 7.25. The molecule has 1 aromatic heterocycles. The molecule has 1 aliphatic rings. The molecule has 11 rings (SSSR count). The summed E-state index contributed by atoms with van der Waals surface area (Å²) in [5.41, 5.74) is 13.8. The minimum absolute atomic E-state index is 0.467. The van der Waals surface area contributed by atoms with Gasteiger partial charge in [-0.3, -0.25) is 0 Å². The van der Waals surface area contributed by atoms with E-state index in [0.717, 1.165) is 27.5 Å². The monoisotopic (exact) mass is 660 g/mol. The van der Waals surface area contributed by atoms with E-state index in [-0.39, 0.29) is 0 Å². The highest BCUT2D eigenvalue weighted by Gasteiger charge is 2.46. The van der Waals surface area contributed by atoms with E-state index in [1.807, 2.05) is 0 Å². The normalized spacial score (nSPS) is 13.2. The molecule has 0 aliphatic heterocycles. The Hall–Kier alpha value is -6.70. The lowest BCUT2D eigenvalue weighted by atomic mass is 9.67. The second kappa shape index (κ2) is 11.2. The molecular formula is C51H32O. The summed E-state index contributed by atoms with van der Waals surface area (Å²) in [4.78, 5) is 0. The zero-order chi connectivity index (χ0) is 34.2. The fourth-order valence-corrected chi connectivity index (χ4v) is 9.22. The van der Waals surface area contributed by atoms with Gasteiger partial charge in [0.05, 0.1) is 5.41 Å². The van der Waals surface area contributed by atoms with E-state index in [0.29, 0.717) is 0 Å². The molecule has 0 fully saturated rings. The Morgan fingerprint density at radius 3 is 1.42 bits per heavy atom. The van der Waals surface area contributed by atoms with Gasteiger partial charge in [-0.15, -0.1) is 0 Å². The van der Waals surface area contributed by atoms with Gasteiger partial charge in [0.25, 0.3) is 0 Å². The first-order valence-corrected chi connectivity index (χ1v) is 18.0. The summed E-state index contributed by atoms with van der Waals surface area (Å²) in [6.45, 7) is 0. The van der Waals surface area contributed by atoms with Crippen LogP contribution >= 0.6 is 0 Å².